The van der Waals surface area contributed by atoms with Crippen molar-refractivity contribution in [1.29, 1.82) is 0 Å². The van der Waals surface area contributed by atoms with Crippen molar-refractivity contribution in [3.63, 3.8) is 0 Å². The predicted molar refractivity (Wildman–Crippen MR) is 292 cm³/mol. The number of imidazole rings is 1. The summed E-state index contributed by atoms with van der Waals surface area (Å²) in [7, 11) is -5.06. The second kappa shape index (κ2) is 34.6. The number of phosphoric ester groups is 1. The number of carbonyl (C=O) groups is 14. The number of hydrogen-bond acceptors (Lipinski definition) is 18. The molecule has 0 radical (unpaired) electrons. The minimum absolute atomic E-state index is 0.139. The van der Waals surface area contributed by atoms with E-state index in [0.29, 0.717) is 0 Å². The Labute approximate surface area is 490 Å². The van der Waals surface area contributed by atoms with Crippen LogP contribution in [-0.2, 0) is 84.5 Å². The van der Waals surface area contributed by atoms with Crippen molar-refractivity contribution in [2.45, 2.75) is 160 Å². The van der Waals surface area contributed by atoms with Gasteiger partial charge in [-0.1, -0.05) is 46.2 Å². The van der Waals surface area contributed by atoms with E-state index < -0.39 is 202 Å². The van der Waals surface area contributed by atoms with E-state index >= 15 is 0 Å². The molecule has 86 heavy (non-hydrogen) atoms. The maximum Gasteiger partial charge on any atom is 0.524 e. The van der Waals surface area contributed by atoms with Gasteiger partial charge in [-0.15, -0.1) is 0 Å². The number of nitrogens with two attached hydrogens (primary N) is 1. The predicted octanol–water partition coefficient (Wildman–Crippen LogP) is -4.14. The van der Waals surface area contributed by atoms with Crippen molar-refractivity contribution in [1.82, 2.24) is 57.8 Å². The number of H-pyrrole nitrogens is 1. The minimum Gasteiger partial charge on any atom is -0.481 e. The Morgan fingerprint density at radius 3 is 1.49 bits per heavy atom. The number of phosphoric acid groups is 1. The molecule has 0 saturated heterocycles. The van der Waals surface area contributed by atoms with Gasteiger partial charge in [-0.3, -0.25) is 72.1 Å². The van der Waals surface area contributed by atoms with Crippen LogP contribution in [0.2, 0.25) is 0 Å². The smallest absolute Gasteiger partial charge is 0.481 e. The Kier molecular flexibility index (Phi) is 29.4. The molecule has 2 aromatic rings. The summed E-state index contributed by atoms with van der Waals surface area (Å²) in [6.45, 7) is 8.32. The molecule has 36 heteroatoms. The highest BCUT2D eigenvalue weighted by atomic mass is 31.2. The Balaban J connectivity index is 2.52. The van der Waals surface area contributed by atoms with Crippen LogP contribution in [0.25, 0.3) is 0 Å². The van der Waals surface area contributed by atoms with E-state index in [0.717, 1.165) is 26.0 Å². The molecule has 0 saturated carbocycles. The number of nitrogens with one attached hydrogen (secondary N) is 10. The average Bonchev–Trinajstić information content (AvgIpc) is 2.65. The number of carbonyl (C=O) groups excluding carboxylic acids is 9. The molecule has 0 bridgehead atoms. The van der Waals surface area contributed by atoms with Gasteiger partial charge in [0.25, 0.3) is 0 Å². The number of hydrogen-bond donors (Lipinski definition) is 18. The van der Waals surface area contributed by atoms with Crippen LogP contribution in [0.3, 0.4) is 0 Å². The molecule has 476 valence electrons. The summed E-state index contributed by atoms with van der Waals surface area (Å²) >= 11 is 0. The molecule has 1 aromatic carbocycles. The van der Waals surface area contributed by atoms with E-state index in [1.807, 2.05) is 5.32 Å². The van der Waals surface area contributed by atoms with E-state index in [4.69, 9.17) is 15.9 Å². The van der Waals surface area contributed by atoms with Crippen LogP contribution >= 0.6 is 7.82 Å². The van der Waals surface area contributed by atoms with Crippen LogP contribution < -0.4 is 58.1 Å². The van der Waals surface area contributed by atoms with Crippen LogP contribution in [0.1, 0.15) is 97.7 Å². The first-order valence-electron chi connectivity index (χ1n) is 26.4. The number of rotatable bonds is 38. The summed E-state index contributed by atoms with van der Waals surface area (Å²) in [5.41, 5.74) is 6.30. The first-order chi connectivity index (χ1) is 40.0. The van der Waals surface area contributed by atoms with Crippen LogP contribution in [-0.4, -0.2) is 189 Å². The van der Waals surface area contributed by atoms with Crippen LogP contribution in [0.4, 0.5) is 0 Å². The second-order valence-electron chi connectivity index (χ2n) is 20.1. The lowest BCUT2D eigenvalue weighted by molar-refractivity contribution is -0.147. The molecule has 0 aliphatic heterocycles. The molecule has 1 heterocycles. The number of amides is 9. The van der Waals surface area contributed by atoms with E-state index in [2.05, 4.69) is 57.0 Å². The Morgan fingerprint density at radius 1 is 0.535 bits per heavy atom. The lowest BCUT2D eigenvalue weighted by atomic mass is 9.96. The molecule has 19 N–H and O–H groups in total. The van der Waals surface area contributed by atoms with Gasteiger partial charge < -0.3 is 88.6 Å². The molecule has 35 nitrogen and oxygen atoms in total. The van der Waals surface area contributed by atoms with Crippen LogP contribution in [0.5, 0.6) is 5.75 Å². The van der Waals surface area contributed by atoms with Gasteiger partial charge >= 0.3 is 37.7 Å². The summed E-state index contributed by atoms with van der Waals surface area (Å²) in [5.74, 6) is -19.7. The summed E-state index contributed by atoms with van der Waals surface area (Å²) in [4.78, 5) is 206. The highest BCUT2D eigenvalue weighted by Gasteiger charge is 2.37. The standard InChI is InChI=1S/C50H73N12O23P/c1-7-23(4)40(62-47(77)32(17-27-20-52-21-53-27)57-43(73)29(51)12-14-35(63)64)49(79)59-31(16-26-8-10-28(11-9-26)85-86(82,83)84)45(75)58-33(18-37(67)68)46(76)56-30(13-15-36(65)66)44(74)61-39(22(2)3)48(78)55-24(5)41(71)54-25(6)42(72)60-34(50(80)81)19-38(69)70/h8-11,20-25,29-34,39-40H,7,12-19,51H2,1-6H3,(H,52,53)(H,54,71)(H,55,78)(H,56,76)(H,57,73)(H,58,75)(H,59,79)(H,60,72)(H,61,74)(H,62,77)(H,63,64)(H,65,66)(H,67,68)(H,69,70)(H,80,81)(H2,82,83,84)/t23-,24-,25-,29-,30-,31-,32-,33-,34-,39-,40-/m0/s1. The van der Waals surface area contributed by atoms with Crippen LogP contribution in [0.15, 0.2) is 36.8 Å². The molecular formula is C50H73N12O23P. The fourth-order valence-corrected chi connectivity index (χ4v) is 8.09. The van der Waals surface area contributed by atoms with E-state index in [-0.39, 0.29) is 36.3 Å². The number of benzene rings is 1. The normalized spacial score (nSPS) is 15.0. The van der Waals surface area contributed by atoms with Gasteiger partial charge in [-0.25, -0.2) is 14.3 Å². The average molecular weight is 1240 g/mol. The van der Waals surface area contributed by atoms with E-state index in [1.165, 1.54) is 45.4 Å². The first-order valence-corrected chi connectivity index (χ1v) is 28.0. The number of aliphatic carboxylic acids is 5. The molecule has 9 amide bonds. The molecule has 2 rings (SSSR count). The number of carboxylic acids is 5. The summed E-state index contributed by atoms with van der Waals surface area (Å²) in [6, 6.07) is -12.0. The van der Waals surface area contributed by atoms with Crippen molar-refractivity contribution in [3.8, 4) is 5.75 Å². The van der Waals surface area contributed by atoms with Crippen LogP contribution in [0, 0.1) is 11.8 Å². The Bertz CT molecular complexity index is 2810. The quantitative estimate of drug-likeness (QED) is 0.0284. The number of carboxylic acid groups (broad SMARTS) is 5. The van der Waals surface area contributed by atoms with Crippen molar-refractivity contribution in [2.24, 2.45) is 17.6 Å². The van der Waals surface area contributed by atoms with Gasteiger partial charge in [0.05, 0.1) is 30.9 Å². The maximum absolute atomic E-state index is 14.4. The SMILES string of the molecule is CC[C@H](C)[C@H](NC(=O)[C@H](Cc1c[nH]cn1)NC(=O)[C@@H](N)CCC(=O)O)C(=O)N[C@@H](Cc1ccc(OP(=O)(O)O)cc1)C(=O)N[C@@H](CC(=O)O)C(=O)N[C@@H](CCC(=O)O)C(=O)N[C@H](C(=O)N[C@@H](C)C(=O)N[C@@H](C)C(=O)N[C@@H](CC(=O)O)C(=O)O)C(C)C. The maximum atomic E-state index is 14.4. The zero-order chi connectivity index (χ0) is 65.3. The number of aromatic nitrogens is 2. The highest BCUT2D eigenvalue weighted by Crippen LogP contribution is 2.37. The number of nitrogens with zero attached hydrogens (tertiary/aromatic N) is 1. The monoisotopic (exact) mass is 1240 g/mol. The number of aromatic amines is 1. The van der Waals surface area contributed by atoms with Gasteiger partial charge in [0.2, 0.25) is 53.2 Å². The van der Waals surface area contributed by atoms with Crippen molar-refractivity contribution in [2.75, 3.05) is 0 Å². The molecule has 1 aromatic heterocycles. The third-order valence-corrected chi connectivity index (χ3v) is 13.1. The van der Waals surface area contributed by atoms with Crippen molar-refractivity contribution < 1.29 is 112 Å². The third kappa shape index (κ3) is 26.2. The molecule has 0 fully saturated rings. The Morgan fingerprint density at radius 2 is 0.977 bits per heavy atom. The van der Waals surface area contributed by atoms with E-state index in [9.17, 15) is 96.8 Å². The molecule has 0 aliphatic carbocycles. The first kappa shape index (κ1) is 73.0. The van der Waals surface area contributed by atoms with Gasteiger partial charge in [0.1, 0.15) is 60.1 Å². The van der Waals surface area contributed by atoms with Gasteiger partial charge in [0.15, 0.2) is 0 Å². The summed E-state index contributed by atoms with van der Waals surface area (Å²) in [6.07, 6.45) is -2.52. The second-order valence-corrected chi connectivity index (χ2v) is 21.2. The lowest BCUT2D eigenvalue weighted by Gasteiger charge is -2.29. The van der Waals surface area contributed by atoms with Crippen molar-refractivity contribution >= 4 is 90.8 Å². The molecule has 0 spiro atoms. The van der Waals surface area contributed by atoms with Gasteiger partial charge in [0, 0.05) is 31.9 Å². The Hall–Kier alpha value is -9.08. The van der Waals surface area contributed by atoms with E-state index in [1.54, 1.807) is 6.92 Å². The molecule has 0 aliphatic rings. The fourth-order valence-electron chi connectivity index (χ4n) is 7.69. The summed E-state index contributed by atoms with van der Waals surface area (Å²) < 4.78 is 16.1. The zero-order valence-corrected chi connectivity index (χ0v) is 48.3. The lowest BCUT2D eigenvalue weighted by Crippen LogP contribution is -2.62. The minimum atomic E-state index is -5.06. The topological polar surface area (TPSA) is 570 Å². The molecule has 0 unspecified atom stereocenters. The molecule has 11 atom stereocenters. The largest absolute Gasteiger partial charge is 0.524 e. The van der Waals surface area contributed by atoms with Gasteiger partial charge in [-0.05, 0) is 56.2 Å². The van der Waals surface area contributed by atoms with Gasteiger partial charge in [-0.2, -0.15) is 0 Å². The highest BCUT2D eigenvalue weighted by molar-refractivity contribution is 7.46. The molecular weight excluding hydrogens is 1170 g/mol. The third-order valence-electron chi connectivity index (χ3n) is 12.7. The van der Waals surface area contributed by atoms with Crippen molar-refractivity contribution in [3.05, 3.63) is 48.0 Å². The summed E-state index contributed by atoms with van der Waals surface area (Å²) in [5, 5.41) is 67.4. The fraction of sp³-hybridized carbons (Fsp3) is 0.540. The zero-order valence-electron chi connectivity index (χ0n) is 47.4.